The van der Waals surface area contributed by atoms with E-state index >= 15 is 0 Å². The van der Waals surface area contributed by atoms with Crippen LogP contribution in [0.1, 0.15) is 53.4 Å². The third-order valence-corrected chi connectivity index (χ3v) is 2.45. The highest BCUT2D eigenvalue weighted by Gasteiger charge is 2.07. The third-order valence-electron chi connectivity index (χ3n) is 2.45. The Morgan fingerprint density at radius 1 is 1.08 bits per heavy atom. The normalized spacial score (nSPS) is 15.4. The zero-order valence-electron chi connectivity index (χ0n) is 9.51. The van der Waals surface area contributed by atoms with Crippen LogP contribution in [0.5, 0.6) is 0 Å². The first kappa shape index (κ1) is 12.5. The fourth-order valence-corrected chi connectivity index (χ4v) is 1.65. The van der Waals surface area contributed by atoms with Crippen LogP contribution in [-0.4, -0.2) is 0 Å². The van der Waals surface area contributed by atoms with Gasteiger partial charge in [-0.25, -0.2) is 0 Å². The molecule has 1 heteroatoms. The van der Waals surface area contributed by atoms with Crippen molar-refractivity contribution >= 4 is 0 Å². The predicted octanol–water partition coefficient (Wildman–Crippen LogP) is 4.00. The minimum Gasteiger partial charge on any atom is -0.198 e. The molecule has 76 valence electrons. The second kappa shape index (κ2) is 6.95. The minimum atomic E-state index is 0.231. The van der Waals surface area contributed by atoms with Crippen molar-refractivity contribution in [3.8, 4) is 6.07 Å². The highest BCUT2D eigenvalue weighted by atomic mass is 14.3. The molecule has 0 spiro atoms. The summed E-state index contributed by atoms with van der Waals surface area (Å²) < 4.78 is 0. The molecule has 0 aliphatic heterocycles. The van der Waals surface area contributed by atoms with Crippen LogP contribution in [0, 0.1) is 29.1 Å². The van der Waals surface area contributed by atoms with E-state index in [9.17, 15) is 0 Å². The summed E-state index contributed by atoms with van der Waals surface area (Å²) in [4.78, 5) is 0. The monoisotopic (exact) mass is 181 g/mol. The summed E-state index contributed by atoms with van der Waals surface area (Å²) in [6.45, 7) is 8.80. The molecular weight excluding hydrogens is 158 g/mol. The lowest BCUT2D eigenvalue weighted by Gasteiger charge is -2.12. The van der Waals surface area contributed by atoms with Gasteiger partial charge in [0, 0.05) is 5.92 Å². The van der Waals surface area contributed by atoms with Crippen molar-refractivity contribution in [2.24, 2.45) is 17.8 Å². The van der Waals surface area contributed by atoms with Crippen molar-refractivity contribution in [2.45, 2.75) is 53.4 Å². The highest BCUT2D eigenvalue weighted by molar-refractivity contribution is 4.79. The van der Waals surface area contributed by atoms with E-state index in [1.54, 1.807) is 0 Å². The van der Waals surface area contributed by atoms with Crippen LogP contribution in [0.2, 0.25) is 0 Å². The van der Waals surface area contributed by atoms with Crippen LogP contribution in [0.3, 0.4) is 0 Å². The largest absolute Gasteiger partial charge is 0.198 e. The molecular formula is C12H23N. The molecule has 2 unspecified atom stereocenters. The standard InChI is InChI=1S/C12H23N/c1-10(2)6-5-7-11(3)8-12(4)9-13/h10-12H,5-8H2,1-4H3. The van der Waals surface area contributed by atoms with Gasteiger partial charge in [-0.15, -0.1) is 0 Å². The summed E-state index contributed by atoms with van der Waals surface area (Å²) in [7, 11) is 0. The van der Waals surface area contributed by atoms with Crippen LogP contribution < -0.4 is 0 Å². The zero-order chi connectivity index (χ0) is 10.3. The van der Waals surface area contributed by atoms with Crippen LogP contribution in [0.4, 0.5) is 0 Å². The average molecular weight is 181 g/mol. The lowest BCUT2D eigenvalue weighted by molar-refractivity contribution is 0.407. The summed E-state index contributed by atoms with van der Waals surface area (Å²) in [5, 5.41) is 8.65. The fraction of sp³-hybridized carbons (Fsp3) is 0.917. The van der Waals surface area contributed by atoms with Gasteiger partial charge in [0.1, 0.15) is 0 Å². The van der Waals surface area contributed by atoms with Gasteiger partial charge in [-0.2, -0.15) is 5.26 Å². The molecule has 0 aromatic heterocycles. The Kier molecular flexibility index (Phi) is 6.68. The van der Waals surface area contributed by atoms with Crippen LogP contribution in [0.15, 0.2) is 0 Å². The fourth-order valence-electron chi connectivity index (χ4n) is 1.65. The molecule has 2 atom stereocenters. The first-order valence-electron chi connectivity index (χ1n) is 5.45. The Bertz CT molecular complexity index is 155. The maximum atomic E-state index is 8.65. The SMILES string of the molecule is CC(C)CCCC(C)CC(C)C#N. The Morgan fingerprint density at radius 2 is 1.69 bits per heavy atom. The van der Waals surface area contributed by atoms with Gasteiger partial charge in [-0.1, -0.05) is 40.0 Å². The third kappa shape index (κ3) is 7.84. The van der Waals surface area contributed by atoms with Gasteiger partial charge >= 0.3 is 0 Å². The molecule has 0 heterocycles. The van der Waals surface area contributed by atoms with Gasteiger partial charge in [0.15, 0.2) is 0 Å². The molecule has 0 aromatic carbocycles. The Balaban J connectivity index is 3.41. The Labute approximate surface area is 83.1 Å². The maximum Gasteiger partial charge on any atom is 0.0652 e. The molecule has 0 N–H and O–H groups in total. The summed E-state index contributed by atoms with van der Waals surface area (Å²) in [5.74, 6) is 1.77. The summed E-state index contributed by atoms with van der Waals surface area (Å²) >= 11 is 0. The average Bonchev–Trinajstić information content (AvgIpc) is 2.03. The van der Waals surface area contributed by atoms with E-state index in [1.165, 1.54) is 19.3 Å². The number of hydrogen-bond donors (Lipinski definition) is 0. The van der Waals surface area contributed by atoms with E-state index in [2.05, 4.69) is 26.8 Å². The van der Waals surface area contributed by atoms with Gasteiger partial charge in [-0.05, 0) is 25.2 Å². The van der Waals surface area contributed by atoms with Crippen molar-refractivity contribution in [2.75, 3.05) is 0 Å². The number of rotatable bonds is 6. The second-order valence-electron chi connectivity index (χ2n) is 4.70. The molecule has 0 amide bonds. The molecule has 1 nitrogen and oxygen atoms in total. The Hall–Kier alpha value is -0.510. The molecule has 0 fully saturated rings. The van der Waals surface area contributed by atoms with Gasteiger partial charge in [-0.3, -0.25) is 0 Å². The van der Waals surface area contributed by atoms with Gasteiger partial charge in [0.25, 0.3) is 0 Å². The lowest BCUT2D eigenvalue weighted by atomic mass is 9.92. The predicted molar refractivity (Wildman–Crippen MR) is 57.2 cm³/mol. The second-order valence-corrected chi connectivity index (χ2v) is 4.70. The van der Waals surface area contributed by atoms with E-state index in [0.29, 0.717) is 5.92 Å². The van der Waals surface area contributed by atoms with Crippen molar-refractivity contribution in [3.63, 3.8) is 0 Å². The summed E-state index contributed by atoms with van der Waals surface area (Å²) in [6, 6.07) is 2.30. The first-order chi connectivity index (χ1) is 6.06. The van der Waals surface area contributed by atoms with Gasteiger partial charge in [0.05, 0.1) is 6.07 Å². The summed E-state index contributed by atoms with van der Waals surface area (Å²) in [6.07, 6.45) is 4.99. The lowest BCUT2D eigenvalue weighted by Crippen LogP contribution is -2.02. The van der Waals surface area contributed by atoms with Crippen molar-refractivity contribution in [1.82, 2.24) is 0 Å². The van der Waals surface area contributed by atoms with E-state index in [1.807, 2.05) is 6.92 Å². The van der Waals surface area contributed by atoms with Crippen molar-refractivity contribution < 1.29 is 0 Å². The van der Waals surface area contributed by atoms with Crippen LogP contribution >= 0.6 is 0 Å². The van der Waals surface area contributed by atoms with E-state index in [-0.39, 0.29) is 5.92 Å². The van der Waals surface area contributed by atoms with E-state index in [0.717, 1.165) is 12.3 Å². The number of nitrogens with zero attached hydrogens (tertiary/aromatic N) is 1. The molecule has 0 aromatic rings. The van der Waals surface area contributed by atoms with Gasteiger partial charge < -0.3 is 0 Å². The minimum absolute atomic E-state index is 0.231. The summed E-state index contributed by atoms with van der Waals surface area (Å²) in [5.41, 5.74) is 0. The molecule has 0 saturated heterocycles. The Morgan fingerprint density at radius 3 is 2.15 bits per heavy atom. The molecule has 0 radical (unpaired) electrons. The first-order valence-corrected chi connectivity index (χ1v) is 5.45. The molecule has 0 saturated carbocycles. The number of nitriles is 1. The highest BCUT2D eigenvalue weighted by Crippen LogP contribution is 2.18. The van der Waals surface area contributed by atoms with Crippen molar-refractivity contribution in [1.29, 1.82) is 5.26 Å². The molecule has 0 bridgehead atoms. The van der Waals surface area contributed by atoms with Gasteiger partial charge in [0.2, 0.25) is 0 Å². The van der Waals surface area contributed by atoms with E-state index < -0.39 is 0 Å². The number of hydrogen-bond acceptors (Lipinski definition) is 1. The molecule has 0 rings (SSSR count). The smallest absolute Gasteiger partial charge is 0.0652 e. The topological polar surface area (TPSA) is 23.8 Å². The maximum absolute atomic E-state index is 8.65. The van der Waals surface area contributed by atoms with E-state index in [4.69, 9.17) is 5.26 Å². The molecule has 13 heavy (non-hydrogen) atoms. The zero-order valence-corrected chi connectivity index (χ0v) is 9.51. The molecule has 0 aliphatic carbocycles. The quantitative estimate of drug-likeness (QED) is 0.607. The van der Waals surface area contributed by atoms with Crippen LogP contribution in [0.25, 0.3) is 0 Å². The van der Waals surface area contributed by atoms with Crippen LogP contribution in [-0.2, 0) is 0 Å². The molecule has 0 aliphatic rings. The van der Waals surface area contributed by atoms with Crippen molar-refractivity contribution in [3.05, 3.63) is 0 Å².